The summed E-state index contributed by atoms with van der Waals surface area (Å²) in [5, 5.41) is 9.61. The van der Waals surface area contributed by atoms with Crippen LogP contribution in [-0.4, -0.2) is 21.4 Å². The van der Waals surface area contributed by atoms with Gasteiger partial charge < -0.3 is 4.98 Å². The molecule has 1 aromatic heterocycles. The lowest BCUT2D eigenvalue weighted by Crippen LogP contribution is -2.25. The van der Waals surface area contributed by atoms with Crippen molar-refractivity contribution < 1.29 is 0 Å². The number of rotatable bonds is 5. The normalized spacial score (nSPS) is 10.9. The molecule has 2 aromatic carbocycles. The van der Waals surface area contributed by atoms with Gasteiger partial charge in [-0.2, -0.15) is 5.26 Å². The Kier molecular flexibility index (Phi) is 4.69. The molecule has 0 saturated carbocycles. The van der Waals surface area contributed by atoms with Crippen LogP contribution in [0.25, 0.3) is 10.9 Å². The van der Waals surface area contributed by atoms with Crippen molar-refractivity contribution in [2.75, 3.05) is 6.54 Å². The highest BCUT2D eigenvalue weighted by Gasteiger charge is 2.09. The van der Waals surface area contributed by atoms with Crippen LogP contribution in [0.3, 0.4) is 0 Å². The van der Waals surface area contributed by atoms with Crippen LogP contribution in [0, 0.1) is 11.3 Å². The van der Waals surface area contributed by atoms with Crippen molar-refractivity contribution in [3.05, 3.63) is 75.8 Å². The van der Waals surface area contributed by atoms with Gasteiger partial charge >= 0.3 is 0 Å². The maximum absolute atomic E-state index is 12.2. The van der Waals surface area contributed by atoms with Gasteiger partial charge in [-0.25, -0.2) is 4.98 Å². The van der Waals surface area contributed by atoms with Gasteiger partial charge in [-0.15, -0.1) is 0 Å². The molecule has 0 radical (unpaired) electrons. The minimum absolute atomic E-state index is 0.113. The number of nitrogens with one attached hydrogen (secondary N) is 1. The van der Waals surface area contributed by atoms with Crippen LogP contribution >= 0.6 is 0 Å². The summed E-state index contributed by atoms with van der Waals surface area (Å²) in [5.41, 5.74) is 2.32. The van der Waals surface area contributed by atoms with Crippen molar-refractivity contribution in [3.8, 4) is 6.07 Å². The second-order valence-corrected chi connectivity index (χ2v) is 5.65. The molecule has 0 fully saturated rings. The van der Waals surface area contributed by atoms with Crippen LogP contribution < -0.4 is 5.56 Å². The predicted molar refractivity (Wildman–Crippen MR) is 93.3 cm³/mol. The molecule has 120 valence electrons. The Hall–Kier alpha value is -2.97. The van der Waals surface area contributed by atoms with Crippen molar-refractivity contribution in [2.45, 2.75) is 20.0 Å². The highest BCUT2D eigenvalue weighted by Crippen LogP contribution is 2.11. The van der Waals surface area contributed by atoms with Crippen LogP contribution in [0.2, 0.25) is 0 Å². The van der Waals surface area contributed by atoms with Crippen LogP contribution in [-0.2, 0) is 13.1 Å². The number of aromatic nitrogens is 2. The molecular formula is C19H18N4O. The van der Waals surface area contributed by atoms with E-state index in [1.807, 2.05) is 36.4 Å². The second-order valence-electron chi connectivity index (χ2n) is 5.65. The van der Waals surface area contributed by atoms with E-state index in [2.05, 4.69) is 27.9 Å². The first-order valence-corrected chi connectivity index (χ1v) is 7.89. The Morgan fingerprint density at radius 2 is 2.00 bits per heavy atom. The molecule has 0 aliphatic carbocycles. The fourth-order valence-corrected chi connectivity index (χ4v) is 2.70. The molecule has 0 bridgehead atoms. The Bertz CT molecular complexity index is 955. The van der Waals surface area contributed by atoms with E-state index in [-0.39, 0.29) is 5.56 Å². The zero-order chi connectivity index (χ0) is 16.9. The van der Waals surface area contributed by atoms with Crippen molar-refractivity contribution in [3.63, 3.8) is 0 Å². The van der Waals surface area contributed by atoms with Crippen LogP contribution in [0.1, 0.15) is 23.9 Å². The van der Waals surface area contributed by atoms with E-state index >= 15 is 0 Å². The van der Waals surface area contributed by atoms with Crippen LogP contribution in [0.5, 0.6) is 0 Å². The standard InChI is InChI=1S/C19H18N4O/c1-2-23(12-15-7-5-6-14(10-15)11-20)13-18-21-17-9-4-3-8-16(17)19(24)22-18/h3-10H,2,12-13H2,1H3,(H,21,22,24). The van der Waals surface area contributed by atoms with Gasteiger partial charge in [0.2, 0.25) is 0 Å². The zero-order valence-corrected chi connectivity index (χ0v) is 13.5. The van der Waals surface area contributed by atoms with E-state index in [1.54, 1.807) is 12.1 Å². The first-order valence-electron chi connectivity index (χ1n) is 7.89. The largest absolute Gasteiger partial charge is 0.309 e. The molecule has 0 aliphatic heterocycles. The van der Waals surface area contributed by atoms with E-state index in [0.29, 0.717) is 35.4 Å². The van der Waals surface area contributed by atoms with Crippen molar-refractivity contribution >= 4 is 10.9 Å². The summed E-state index contributed by atoms with van der Waals surface area (Å²) in [5.74, 6) is 0.650. The topological polar surface area (TPSA) is 72.8 Å². The van der Waals surface area contributed by atoms with Crippen LogP contribution in [0.15, 0.2) is 53.3 Å². The lowest BCUT2D eigenvalue weighted by Gasteiger charge is -2.20. The number of para-hydroxylation sites is 1. The smallest absolute Gasteiger partial charge is 0.258 e. The maximum atomic E-state index is 12.2. The number of aromatic amines is 1. The molecule has 0 spiro atoms. The number of fused-ring (bicyclic) bond motifs is 1. The zero-order valence-electron chi connectivity index (χ0n) is 13.5. The minimum Gasteiger partial charge on any atom is -0.309 e. The number of H-pyrrole nitrogens is 1. The molecule has 0 atom stereocenters. The summed E-state index contributed by atoms with van der Waals surface area (Å²) in [6.07, 6.45) is 0. The van der Waals surface area contributed by atoms with Gasteiger partial charge in [-0.3, -0.25) is 9.69 Å². The SMILES string of the molecule is CCN(Cc1cccc(C#N)c1)Cc1nc2ccccc2c(=O)[nH]1. The summed E-state index contributed by atoms with van der Waals surface area (Å²) in [4.78, 5) is 21.7. The van der Waals surface area contributed by atoms with E-state index in [1.165, 1.54) is 0 Å². The molecule has 0 unspecified atom stereocenters. The second kappa shape index (κ2) is 7.07. The summed E-state index contributed by atoms with van der Waals surface area (Å²) in [7, 11) is 0. The monoisotopic (exact) mass is 318 g/mol. The van der Waals surface area contributed by atoms with E-state index in [4.69, 9.17) is 5.26 Å². The van der Waals surface area contributed by atoms with Gasteiger partial charge in [0, 0.05) is 6.54 Å². The van der Waals surface area contributed by atoms with Crippen molar-refractivity contribution in [1.29, 1.82) is 5.26 Å². The van der Waals surface area contributed by atoms with Gasteiger partial charge in [0.25, 0.3) is 5.56 Å². The molecule has 0 saturated heterocycles. The van der Waals surface area contributed by atoms with Gasteiger partial charge in [-0.05, 0) is 36.4 Å². The van der Waals surface area contributed by atoms with E-state index in [0.717, 1.165) is 12.1 Å². The molecule has 1 N–H and O–H groups in total. The molecular weight excluding hydrogens is 300 g/mol. The highest BCUT2D eigenvalue weighted by atomic mass is 16.1. The molecule has 5 nitrogen and oxygen atoms in total. The highest BCUT2D eigenvalue weighted by molar-refractivity contribution is 5.77. The third kappa shape index (κ3) is 3.50. The number of nitrogens with zero attached hydrogens (tertiary/aromatic N) is 3. The quantitative estimate of drug-likeness (QED) is 0.785. The molecule has 24 heavy (non-hydrogen) atoms. The first-order chi connectivity index (χ1) is 11.7. The third-order valence-electron chi connectivity index (χ3n) is 3.94. The van der Waals surface area contributed by atoms with Gasteiger partial charge in [0.05, 0.1) is 29.1 Å². The predicted octanol–water partition coefficient (Wildman–Crippen LogP) is 2.82. The molecule has 3 aromatic rings. The van der Waals surface area contributed by atoms with E-state index < -0.39 is 0 Å². The summed E-state index contributed by atoms with van der Waals surface area (Å²) in [6, 6.07) is 17.1. The maximum Gasteiger partial charge on any atom is 0.258 e. The minimum atomic E-state index is -0.113. The van der Waals surface area contributed by atoms with Gasteiger partial charge in [0.15, 0.2) is 0 Å². The first kappa shape index (κ1) is 15.9. The lowest BCUT2D eigenvalue weighted by molar-refractivity contribution is 0.264. The Morgan fingerprint density at radius 3 is 2.79 bits per heavy atom. The Labute approximate surface area is 140 Å². The summed E-state index contributed by atoms with van der Waals surface area (Å²) in [6.45, 7) is 4.12. The average molecular weight is 318 g/mol. The average Bonchev–Trinajstić information content (AvgIpc) is 2.61. The fraction of sp³-hybridized carbons (Fsp3) is 0.211. The van der Waals surface area contributed by atoms with Crippen molar-refractivity contribution in [1.82, 2.24) is 14.9 Å². The summed E-state index contributed by atoms with van der Waals surface area (Å²) < 4.78 is 0. The molecule has 0 aliphatic rings. The molecule has 3 rings (SSSR count). The van der Waals surface area contributed by atoms with Crippen LogP contribution in [0.4, 0.5) is 0 Å². The number of nitriles is 1. The van der Waals surface area contributed by atoms with Gasteiger partial charge in [0.1, 0.15) is 5.82 Å². The number of hydrogen-bond acceptors (Lipinski definition) is 4. The van der Waals surface area contributed by atoms with Gasteiger partial charge in [-0.1, -0.05) is 31.2 Å². The van der Waals surface area contributed by atoms with Crippen molar-refractivity contribution in [2.24, 2.45) is 0 Å². The molecule has 0 amide bonds. The fourth-order valence-electron chi connectivity index (χ4n) is 2.70. The lowest BCUT2D eigenvalue weighted by atomic mass is 10.1. The van der Waals surface area contributed by atoms with E-state index in [9.17, 15) is 4.79 Å². The number of benzene rings is 2. The molecule has 1 heterocycles. The summed E-state index contributed by atoms with van der Waals surface area (Å²) >= 11 is 0. The number of hydrogen-bond donors (Lipinski definition) is 1. The molecule has 5 heteroatoms. The Balaban J connectivity index is 1.82. The Morgan fingerprint density at radius 1 is 1.17 bits per heavy atom. The third-order valence-corrected chi connectivity index (χ3v) is 3.94.